The van der Waals surface area contributed by atoms with Gasteiger partial charge < -0.3 is 15.9 Å². The molecule has 12 heavy (non-hydrogen) atoms. The van der Waals surface area contributed by atoms with E-state index in [9.17, 15) is 9.59 Å². The van der Waals surface area contributed by atoms with Gasteiger partial charge in [-0.05, 0) is 0 Å². The van der Waals surface area contributed by atoms with Crippen LogP contribution in [0, 0.1) is 0 Å². The zero-order valence-electron chi connectivity index (χ0n) is 7.28. The van der Waals surface area contributed by atoms with E-state index in [1.54, 1.807) is 0 Å². The van der Waals surface area contributed by atoms with E-state index in [1.807, 2.05) is 0 Å². The topological polar surface area (TPSA) is 101 Å². The van der Waals surface area contributed by atoms with E-state index in [4.69, 9.17) is 15.9 Å². The van der Waals surface area contributed by atoms with Gasteiger partial charge in [0.15, 0.2) is 0 Å². The number of aliphatic carboxylic acids is 2. The number of hydrogen-bond acceptors (Lipinski definition) is 3. The summed E-state index contributed by atoms with van der Waals surface area (Å²) >= 11 is 0. The first-order valence-corrected chi connectivity index (χ1v) is 2.71. The van der Waals surface area contributed by atoms with Crippen molar-refractivity contribution in [3.63, 3.8) is 0 Å². The van der Waals surface area contributed by atoms with Crippen molar-refractivity contribution in [3.05, 3.63) is 0 Å². The molecular formula is C5H9NNa2O4. The molecule has 0 aliphatic heterocycles. The number of carbonyl (C=O) groups is 2. The number of carboxylic acids is 2. The van der Waals surface area contributed by atoms with Crippen molar-refractivity contribution in [3.8, 4) is 0 Å². The Bertz CT molecular complexity index is 136. The fourth-order valence-electron chi connectivity index (χ4n) is 0.521. The van der Waals surface area contributed by atoms with Gasteiger partial charge in [-0.2, -0.15) is 0 Å². The number of carboxylic acid groups (broad SMARTS) is 2. The summed E-state index contributed by atoms with van der Waals surface area (Å²) in [5, 5.41) is 16.2. The van der Waals surface area contributed by atoms with Crippen molar-refractivity contribution in [2.75, 3.05) is 0 Å². The van der Waals surface area contributed by atoms with Gasteiger partial charge in [-0.1, -0.05) is 0 Å². The average molecular weight is 193 g/mol. The van der Waals surface area contributed by atoms with Crippen molar-refractivity contribution in [1.82, 2.24) is 0 Å². The standard InChI is InChI=1S/C5H9NO4.2Na/c6-3(1-4(7)8)2-5(9)10;;/h3H,1-2,6H2,(H,7,8)(H,9,10);;. The molecule has 0 unspecified atom stereocenters. The third-order valence-electron chi connectivity index (χ3n) is 0.874. The van der Waals surface area contributed by atoms with Crippen LogP contribution < -0.4 is 5.73 Å². The molecule has 0 aliphatic rings. The molecular weight excluding hydrogens is 184 g/mol. The predicted octanol–water partition coefficient (Wildman–Crippen LogP) is -1.50. The van der Waals surface area contributed by atoms with E-state index in [1.165, 1.54) is 0 Å². The second-order valence-corrected chi connectivity index (χ2v) is 1.96. The van der Waals surface area contributed by atoms with Crippen LogP contribution in [0.25, 0.3) is 0 Å². The monoisotopic (exact) mass is 193 g/mol. The molecule has 0 rings (SSSR count). The molecule has 0 fully saturated rings. The van der Waals surface area contributed by atoms with Crippen LogP contribution in [0.5, 0.6) is 0 Å². The molecule has 2 radical (unpaired) electrons. The van der Waals surface area contributed by atoms with Crippen molar-refractivity contribution >= 4 is 71.1 Å². The summed E-state index contributed by atoms with van der Waals surface area (Å²) in [6, 6.07) is -0.782. The summed E-state index contributed by atoms with van der Waals surface area (Å²) in [5.74, 6) is -2.15. The van der Waals surface area contributed by atoms with Crippen LogP contribution in [0.3, 0.4) is 0 Å². The van der Waals surface area contributed by atoms with E-state index in [0.29, 0.717) is 0 Å². The Hall–Kier alpha value is 0.900. The molecule has 0 aromatic carbocycles. The van der Waals surface area contributed by atoms with Crippen molar-refractivity contribution in [2.45, 2.75) is 18.9 Å². The molecule has 0 amide bonds. The van der Waals surface area contributed by atoms with E-state index in [-0.39, 0.29) is 72.0 Å². The second-order valence-electron chi connectivity index (χ2n) is 1.96. The molecule has 0 saturated heterocycles. The van der Waals surface area contributed by atoms with Crippen LogP contribution in [0.2, 0.25) is 0 Å². The largest absolute Gasteiger partial charge is 0.481 e. The Balaban J connectivity index is -0.000000405. The van der Waals surface area contributed by atoms with Gasteiger partial charge in [0, 0.05) is 65.2 Å². The van der Waals surface area contributed by atoms with E-state index in [2.05, 4.69) is 0 Å². The first-order valence-electron chi connectivity index (χ1n) is 2.71. The summed E-state index contributed by atoms with van der Waals surface area (Å²) in [5.41, 5.74) is 5.11. The predicted molar refractivity (Wildman–Crippen MR) is 44.0 cm³/mol. The van der Waals surface area contributed by atoms with Crippen molar-refractivity contribution < 1.29 is 19.8 Å². The van der Waals surface area contributed by atoms with Gasteiger partial charge in [-0.25, -0.2) is 0 Å². The Labute approximate surface area is 114 Å². The molecule has 0 aromatic heterocycles. The molecule has 4 N–H and O–H groups in total. The van der Waals surface area contributed by atoms with Crippen LogP contribution in [-0.4, -0.2) is 87.3 Å². The first kappa shape index (κ1) is 18.6. The third-order valence-corrected chi connectivity index (χ3v) is 0.874. The molecule has 5 nitrogen and oxygen atoms in total. The minimum absolute atomic E-state index is 0. The van der Waals surface area contributed by atoms with E-state index < -0.39 is 18.0 Å². The summed E-state index contributed by atoms with van der Waals surface area (Å²) < 4.78 is 0. The van der Waals surface area contributed by atoms with Crippen LogP contribution in [-0.2, 0) is 9.59 Å². The Morgan fingerprint density at radius 3 is 1.50 bits per heavy atom. The first-order chi connectivity index (χ1) is 4.52. The maximum Gasteiger partial charge on any atom is 0.304 e. The minimum Gasteiger partial charge on any atom is -0.481 e. The zero-order valence-corrected chi connectivity index (χ0v) is 11.3. The molecule has 0 aromatic rings. The second kappa shape index (κ2) is 9.98. The van der Waals surface area contributed by atoms with E-state index >= 15 is 0 Å². The minimum atomic E-state index is -1.08. The Morgan fingerprint density at radius 2 is 1.33 bits per heavy atom. The number of rotatable bonds is 4. The number of hydrogen-bond donors (Lipinski definition) is 3. The van der Waals surface area contributed by atoms with Crippen molar-refractivity contribution in [2.24, 2.45) is 5.73 Å². The fraction of sp³-hybridized carbons (Fsp3) is 0.600. The average Bonchev–Trinajstić information content (AvgIpc) is 1.58. The molecule has 60 valence electrons. The van der Waals surface area contributed by atoms with Crippen molar-refractivity contribution in [1.29, 1.82) is 0 Å². The summed E-state index contributed by atoms with van der Waals surface area (Å²) in [7, 11) is 0. The molecule has 0 saturated carbocycles. The van der Waals surface area contributed by atoms with Crippen LogP contribution >= 0.6 is 0 Å². The molecule has 0 heterocycles. The zero-order chi connectivity index (χ0) is 8.15. The summed E-state index contributed by atoms with van der Waals surface area (Å²) in [4.78, 5) is 19.8. The molecule has 0 spiro atoms. The third kappa shape index (κ3) is 13.5. The normalized spacial score (nSPS) is 8.17. The maximum atomic E-state index is 9.92. The van der Waals surface area contributed by atoms with Gasteiger partial charge in [-0.15, -0.1) is 0 Å². The van der Waals surface area contributed by atoms with Gasteiger partial charge >= 0.3 is 11.9 Å². The Kier molecular flexibility index (Phi) is 15.5. The van der Waals surface area contributed by atoms with Crippen LogP contribution in [0.1, 0.15) is 12.8 Å². The molecule has 0 bridgehead atoms. The van der Waals surface area contributed by atoms with E-state index in [0.717, 1.165) is 0 Å². The summed E-state index contributed by atoms with van der Waals surface area (Å²) in [6.45, 7) is 0. The molecule has 0 atom stereocenters. The fourth-order valence-corrected chi connectivity index (χ4v) is 0.521. The quantitative estimate of drug-likeness (QED) is 0.472. The number of nitrogens with two attached hydrogens (primary N) is 1. The van der Waals surface area contributed by atoms with Gasteiger partial charge in [0.25, 0.3) is 0 Å². The SMILES string of the molecule is NC(CC(=O)O)CC(=O)O.[Na].[Na]. The molecule has 7 heteroatoms. The summed E-state index contributed by atoms with van der Waals surface area (Å²) in [6.07, 6.45) is -0.599. The van der Waals surface area contributed by atoms with Crippen LogP contribution in [0.4, 0.5) is 0 Å². The smallest absolute Gasteiger partial charge is 0.304 e. The molecule has 0 aliphatic carbocycles. The van der Waals surface area contributed by atoms with Gasteiger partial charge in [0.1, 0.15) is 0 Å². The maximum absolute atomic E-state index is 9.92. The van der Waals surface area contributed by atoms with Gasteiger partial charge in [-0.3, -0.25) is 9.59 Å². The Morgan fingerprint density at radius 1 is 1.08 bits per heavy atom. The van der Waals surface area contributed by atoms with Gasteiger partial charge in [0.2, 0.25) is 0 Å². The van der Waals surface area contributed by atoms with Crippen LogP contribution in [0.15, 0.2) is 0 Å². The van der Waals surface area contributed by atoms with Gasteiger partial charge in [0.05, 0.1) is 12.8 Å².